The molecular formula is C18H31N3O4S. The van der Waals surface area contributed by atoms with Crippen LogP contribution in [0.4, 0.5) is 0 Å². The molecule has 0 fully saturated rings. The van der Waals surface area contributed by atoms with Crippen LogP contribution in [0, 0.1) is 0 Å². The SMILES string of the molecule is CCCCC(=O)N(CCCOC)Cc1nc(C(=O)NCCCOC)cs1. The van der Waals surface area contributed by atoms with E-state index in [4.69, 9.17) is 9.47 Å². The van der Waals surface area contributed by atoms with E-state index in [2.05, 4.69) is 17.2 Å². The summed E-state index contributed by atoms with van der Waals surface area (Å²) in [6, 6.07) is 0. The van der Waals surface area contributed by atoms with E-state index in [9.17, 15) is 9.59 Å². The molecule has 0 aliphatic heterocycles. The van der Waals surface area contributed by atoms with Crippen LogP contribution >= 0.6 is 11.3 Å². The summed E-state index contributed by atoms with van der Waals surface area (Å²) >= 11 is 1.41. The smallest absolute Gasteiger partial charge is 0.270 e. The second-order valence-corrected chi connectivity index (χ2v) is 6.94. The van der Waals surface area contributed by atoms with Gasteiger partial charge in [-0.15, -0.1) is 11.3 Å². The third-order valence-electron chi connectivity index (χ3n) is 3.79. The van der Waals surface area contributed by atoms with Gasteiger partial charge in [0, 0.05) is 52.3 Å². The molecule has 0 radical (unpaired) electrons. The van der Waals surface area contributed by atoms with Crippen molar-refractivity contribution in [2.24, 2.45) is 0 Å². The Hall–Kier alpha value is -1.51. The number of carbonyl (C=O) groups is 2. The van der Waals surface area contributed by atoms with E-state index in [1.165, 1.54) is 11.3 Å². The molecule has 0 atom stereocenters. The number of methoxy groups -OCH3 is 2. The van der Waals surface area contributed by atoms with Crippen molar-refractivity contribution < 1.29 is 19.1 Å². The minimum atomic E-state index is -0.188. The van der Waals surface area contributed by atoms with Crippen LogP contribution in [-0.4, -0.2) is 62.2 Å². The normalized spacial score (nSPS) is 10.7. The zero-order valence-electron chi connectivity index (χ0n) is 16.1. The zero-order chi connectivity index (χ0) is 19.2. The van der Waals surface area contributed by atoms with Gasteiger partial charge in [0.25, 0.3) is 5.91 Å². The number of amides is 2. The second-order valence-electron chi connectivity index (χ2n) is 5.99. The predicted molar refractivity (Wildman–Crippen MR) is 102 cm³/mol. The lowest BCUT2D eigenvalue weighted by Gasteiger charge is -2.21. The molecule has 148 valence electrons. The third-order valence-corrected chi connectivity index (χ3v) is 4.63. The summed E-state index contributed by atoms with van der Waals surface area (Å²) in [7, 11) is 3.29. The topological polar surface area (TPSA) is 80.8 Å². The third kappa shape index (κ3) is 8.73. The van der Waals surface area contributed by atoms with Crippen LogP contribution < -0.4 is 5.32 Å². The number of thiazole rings is 1. The molecule has 26 heavy (non-hydrogen) atoms. The maximum absolute atomic E-state index is 12.4. The molecule has 0 saturated heterocycles. The minimum absolute atomic E-state index is 0.128. The van der Waals surface area contributed by atoms with Crippen molar-refractivity contribution in [2.75, 3.05) is 40.5 Å². The van der Waals surface area contributed by atoms with Crippen molar-refractivity contribution in [2.45, 2.75) is 45.6 Å². The molecule has 1 aromatic rings. The Kier molecular flexibility index (Phi) is 11.8. The average molecular weight is 386 g/mol. The molecule has 0 aliphatic carbocycles. The van der Waals surface area contributed by atoms with Gasteiger partial charge >= 0.3 is 0 Å². The first-order chi connectivity index (χ1) is 12.6. The van der Waals surface area contributed by atoms with E-state index >= 15 is 0 Å². The first-order valence-electron chi connectivity index (χ1n) is 9.10. The van der Waals surface area contributed by atoms with Crippen molar-refractivity contribution in [3.63, 3.8) is 0 Å². The molecule has 0 aliphatic rings. The number of carbonyl (C=O) groups excluding carboxylic acids is 2. The van der Waals surface area contributed by atoms with Gasteiger partial charge in [0.2, 0.25) is 5.91 Å². The Bertz CT molecular complexity index is 536. The van der Waals surface area contributed by atoms with Gasteiger partial charge in [0.15, 0.2) is 0 Å². The Morgan fingerprint density at radius 3 is 2.62 bits per heavy atom. The van der Waals surface area contributed by atoms with Crippen molar-refractivity contribution in [1.82, 2.24) is 15.2 Å². The fourth-order valence-electron chi connectivity index (χ4n) is 2.34. The van der Waals surface area contributed by atoms with E-state index < -0.39 is 0 Å². The largest absolute Gasteiger partial charge is 0.385 e. The number of rotatable bonds is 14. The molecule has 0 aromatic carbocycles. The Morgan fingerprint density at radius 2 is 1.92 bits per heavy atom. The number of nitrogens with zero attached hydrogens (tertiary/aromatic N) is 2. The lowest BCUT2D eigenvalue weighted by Crippen LogP contribution is -2.32. The lowest BCUT2D eigenvalue weighted by molar-refractivity contribution is -0.132. The highest BCUT2D eigenvalue weighted by Gasteiger charge is 2.17. The van der Waals surface area contributed by atoms with Gasteiger partial charge in [-0.1, -0.05) is 13.3 Å². The van der Waals surface area contributed by atoms with Crippen molar-refractivity contribution >= 4 is 23.2 Å². The second kappa shape index (κ2) is 13.7. The van der Waals surface area contributed by atoms with Gasteiger partial charge in [-0.2, -0.15) is 0 Å². The number of hydrogen-bond donors (Lipinski definition) is 1. The highest BCUT2D eigenvalue weighted by Crippen LogP contribution is 2.14. The molecule has 0 spiro atoms. The molecule has 0 bridgehead atoms. The van der Waals surface area contributed by atoms with E-state index in [0.29, 0.717) is 45.0 Å². The van der Waals surface area contributed by atoms with E-state index in [0.717, 1.165) is 30.7 Å². The van der Waals surface area contributed by atoms with Gasteiger partial charge in [0.05, 0.1) is 6.54 Å². The number of unbranched alkanes of at least 4 members (excludes halogenated alkanes) is 1. The molecule has 2 amide bonds. The van der Waals surface area contributed by atoms with Crippen LogP contribution in [0.5, 0.6) is 0 Å². The zero-order valence-corrected chi connectivity index (χ0v) is 16.9. The molecule has 0 unspecified atom stereocenters. The van der Waals surface area contributed by atoms with Crippen molar-refractivity contribution in [3.8, 4) is 0 Å². The van der Waals surface area contributed by atoms with Crippen LogP contribution in [0.1, 0.15) is 54.5 Å². The van der Waals surface area contributed by atoms with Gasteiger partial charge in [-0.3, -0.25) is 9.59 Å². The number of hydrogen-bond acceptors (Lipinski definition) is 6. The predicted octanol–water partition coefficient (Wildman–Crippen LogP) is 2.46. The maximum Gasteiger partial charge on any atom is 0.270 e. The van der Waals surface area contributed by atoms with E-state index in [1.54, 1.807) is 19.6 Å². The highest BCUT2D eigenvalue weighted by atomic mass is 32.1. The van der Waals surface area contributed by atoms with Crippen LogP contribution in [-0.2, 0) is 20.8 Å². The molecule has 1 N–H and O–H groups in total. The minimum Gasteiger partial charge on any atom is -0.385 e. The monoisotopic (exact) mass is 385 g/mol. The summed E-state index contributed by atoms with van der Waals surface area (Å²) in [6.07, 6.45) is 3.96. The van der Waals surface area contributed by atoms with Crippen molar-refractivity contribution in [3.05, 3.63) is 16.1 Å². The highest BCUT2D eigenvalue weighted by molar-refractivity contribution is 7.09. The fraction of sp³-hybridized carbons (Fsp3) is 0.722. The molecular weight excluding hydrogens is 354 g/mol. The number of ether oxygens (including phenoxy) is 2. The lowest BCUT2D eigenvalue weighted by atomic mass is 10.2. The van der Waals surface area contributed by atoms with Crippen LogP contribution in [0.3, 0.4) is 0 Å². The average Bonchev–Trinajstić information content (AvgIpc) is 3.11. The Balaban J connectivity index is 2.59. The van der Waals surface area contributed by atoms with Crippen LogP contribution in [0.25, 0.3) is 0 Å². The molecule has 1 rings (SSSR count). The first kappa shape index (κ1) is 22.5. The Morgan fingerprint density at radius 1 is 1.19 bits per heavy atom. The summed E-state index contributed by atoms with van der Waals surface area (Å²) in [6.45, 7) is 4.92. The first-order valence-corrected chi connectivity index (χ1v) is 9.98. The van der Waals surface area contributed by atoms with E-state index in [1.807, 2.05) is 4.90 Å². The molecule has 7 nitrogen and oxygen atoms in total. The van der Waals surface area contributed by atoms with Crippen molar-refractivity contribution in [1.29, 1.82) is 0 Å². The Labute approximate surface area is 160 Å². The summed E-state index contributed by atoms with van der Waals surface area (Å²) in [5.41, 5.74) is 0.403. The fourth-order valence-corrected chi connectivity index (χ4v) is 3.13. The summed E-state index contributed by atoms with van der Waals surface area (Å²) in [4.78, 5) is 30.7. The standard InChI is InChI=1S/C18H31N3O4S/c1-4-5-8-17(22)21(10-7-12-25-3)13-16-20-15(14-26-16)18(23)19-9-6-11-24-2/h14H,4-13H2,1-3H3,(H,19,23). The maximum atomic E-state index is 12.4. The quantitative estimate of drug-likeness (QED) is 0.498. The van der Waals surface area contributed by atoms with Gasteiger partial charge in [-0.05, 0) is 19.3 Å². The number of nitrogens with one attached hydrogen (secondary N) is 1. The summed E-state index contributed by atoms with van der Waals surface area (Å²) in [5.74, 6) is -0.0597. The molecule has 1 heterocycles. The van der Waals surface area contributed by atoms with Gasteiger partial charge in [-0.25, -0.2) is 4.98 Å². The molecule has 8 heteroatoms. The number of aromatic nitrogens is 1. The van der Waals surface area contributed by atoms with Gasteiger partial charge < -0.3 is 19.7 Å². The van der Waals surface area contributed by atoms with Crippen LogP contribution in [0.2, 0.25) is 0 Å². The van der Waals surface area contributed by atoms with Gasteiger partial charge in [0.1, 0.15) is 10.7 Å². The van der Waals surface area contributed by atoms with E-state index in [-0.39, 0.29) is 11.8 Å². The summed E-state index contributed by atoms with van der Waals surface area (Å²) < 4.78 is 10.0. The molecule has 1 aromatic heterocycles. The summed E-state index contributed by atoms with van der Waals surface area (Å²) in [5, 5.41) is 5.33. The van der Waals surface area contributed by atoms with Crippen LogP contribution in [0.15, 0.2) is 5.38 Å². The molecule has 0 saturated carbocycles.